The van der Waals surface area contributed by atoms with E-state index in [1.54, 1.807) is 0 Å². The fraction of sp³-hybridized carbons (Fsp3) is 0. The van der Waals surface area contributed by atoms with Gasteiger partial charge in [0.2, 0.25) is 0 Å². The topological polar surface area (TPSA) is 45.9 Å². The van der Waals surface area contributed by atoms with Crippen molar-refractivity contribution in [1.29, 1.82) is 0 Å². The predicted molar refractivity (Wildman–Crippen MR) is 382 cm³/mol. The molecule has 420 valence electrons. The molecule has 4 heterocycles. The molecule has 0 unspecified atom stereocenters. The van der Waals surface area contributed by atoms with Crippen molar-refractivity contribution >= 4 is 196 Å². The van der Waals surface area contributed by atoms with E-state index < -0.39 is 0 Å². The van der Waals surface area contributed by atoms with Crippen molar-refractivity contribution < 1.29 is 13.3 Å². The Hall–Kier alpha value is -11.7. The lowest BCUT2D eigenvalue weighted by atomic mass is 9.93. The van der Waals surface area contributed by atoms with E-state index in [4.69, 9.17) is 13.3 Å². The molecule has 0 saturated carbocycles. The third kappa shape index (κ3) is 7.75. The zero-order valence-corrected chi connectivity index (χ0v) is 49.2. The summed E-state index contributed by atoms with van der Waals surface area (Å²) < 4.78 is 21.8. The first kappa shape index (κ1) is 50.5. The maximum Gasteiger partial charge on any atom is 0.143 e. The standard InChI is InChI=1S/C42H25NO2.C42H25NOS/c1-2-10-27(11-3-1)43(29-20-23-32-31-12-6-8-16-37(31)44-39(32)25-29)28-19-22-30-26(24-28)18-21-36-40(30)33-13-4-5-14-34(33)41-35-15-7-9-17-38(35)45-42(36)41;1-2-10-27(11-3-1)43(29-20-23-32-31-12-6-8-16-37(31)44-38(32)25-29)28-19-22-30-26(24-28)18-21-36-40(30)33-13-4-5-14-34(33)41-35-15-7-9-17-39(35)45-42(36)41/h2*1-25H. The minimum absolute atomic E-state index is 0.878. The molecule has 0 radical (unpaired) electrons. The Kier molecular flexibility index (Phi) is 11.2. The van der Waals surface area contributed by atoms with Gasteiger partial charge in [-0.05, 0) is 152 Å². The number of benzene rings is 16. The smallest absolute Gasteiger partial charge is 0.143 e. The largest absolute Gasteiger partial charge is 0.456 e. The van der Waals surface area contributed by atoms with Crippen molar-refractivity contribution in [1.82, 2.24) is 0 Å². The highest BCUT2D eigenvalue weighted by Gasteiger charge is 2.22. The van der Waals surface area contributed by atoms with Crippen LogP contribution in [-0.2, 0) is 0 Å². The minimum Gasteiger partial charge on any atom is -0.456 e. The monoisotopic (exact) mass is 1170 g/mol. The van der Waals surface area contributed by atoms with Crippen LogP contribution in [0, 0.1) is 0 Å². The SMILES string of the molecule is c1ccc(N(c2ccc3c(ccc4c5oc6ccccc6c5c5ccccc5c34)c2)c2ccc3c(c2)oc2ccccc23)cc1.c1ccc(N(c2ccc3c(ccc4c5sc6ccccc6c5c5ccccc5c34)c2)c2ccc3c(c2)oc2ccccc23)cc1. The predicted octanol–water partition coefficient (Wildman–Crippen LogP) is 25.3. The zero-order chi connectivity index (χ0) is 59.0. The summed E-state index contributed by atoms with van der Waals surface area (Å²) in [5.74, 6) is 0. The van der Waals surface area contributed by atoms with Gasteiger partial charge in [0.1, 0.15) is 33.5 Å². The summed E-state index contributed by atoms with van der Waals surface area (Å²) in [4.78, 5) is 4.63. The average molecular weight is 1170 g/mol. The number of para-hydroxylation sites is 5. The van der Waals surface area contributed by atoms with Gasteiger partial charge in [0, 0.05) is 115 Å². The molecule has 0 saturated heterocycles. The molecule has 20 aromatic rings. The summed E-state index contributed by atoms with van der Waals surface area (Å²) in [7, 11) is 0. The molecule has 0 aliphatic heterocycles. The van der Waals surface area contributed by atoms with E-state index >= 15 is 0 Å². The second-order valence-corrected chi connectivity index (χ2v) is 24.4. The molecule has 0 spiro atoms. The molecule has 4 aromatic heterocycles. The molecule has 0 atom stereocenters. The van der Waals surface area contributed by atoms with Gasteiger partial charge in [0.05, 0.1) is 0 Å². The van der Waals surface area contributed by atoms with Crippen LogP contribution in [0.1, 0.15) is 0 Å². The Bertz CT molecular complexity index is 5930. The number of hydrogen-bond acceptors (Lipinski definition) is 6. The zero-order valence-electron chi connectivity index (χ0n) is 48.4. The maximum absolute atomic E-state index is 6.54. The number of rotatable bonds is 6. The first-order valence-corrected chi connectivity index (χ1v) is 31.4. The van der Waals surface area contributed by atoms with Gasteiger partial charge in [0.25, 0.3) is 0 Å². The molecule has 0 bridgehead atoms. The van der Waals surface area contributed by atoms with Crippen molar-refractivity contribution in [3.8, 4) is 0 Å². The van der Waals surface area contributed by atoms with E-state index in [-0.39, 0.29) is 0 Å². The number of nitrogens with zero attached hydrogens (tertiary/aromatic N) is 2. The summed E-state index contributed by atoms with van der Waals surface area (Å²) in [5.41, 5.74) is 11.9. The summed E-state index contributed by atoms with van der Waals surface area (Å²) in [6.45, 7) is 0. The van der Waals surface area contributed by atoms with E-state index in [2.05, 4.69) is 283 Å². The van der Waals surface area contributed by atoms with Crippen LogP contribution in [0.4, 0.5) is 34.1 Å². The maximum atomic E-state index is 6.54. The molecule has 0 aliphatic rings. The van der Waals surface area contributed by atoms with Crippen molar-refractivity contribution in [3.05, 3.63) is 303 Å². The quantitative estimate of drug-likeness (QED) is 0.155. The van der Waals surface area contributed by atoms with Crippen LogP contribution in [0.5, 0.6) is 0 Å². The van der Waals surface area contributed by atoms with Gasteiger partial charge in [0.15, 0.2) is 0 Å². The first-order chi connectivity index (χ1) is 44.6. The van der Waals surface area contributed by atoms with Crippen LogP contribution in [0.15, 0.2) is 317 Å². The van der Waals surface area contributed by atoms with Crippen LogP contribution < -0.4 is 9.80 Å². The normalized spacial score (nSPS) is 12.0. The van der Waals surface area contributed by atoms with Crippen LogP contribution in [0.25, 0.3) is 151 Å². The van der Waals surface area contributed by atoms with Gasteiger partial charge >= 0.3 is 0 Å². The highest BCUT2D eigenvalue weighted by molar-refractivity contribution is 7.27. The van der Waals surface area contributed by atoms with Gasteiger partial charge < -0.3 is 23.1 Å². The minimum atomic E-state index is 0.878. The molecule has 0 fully saturated rings. The Morgan fingerprint density at radius 1 is 0.211 bits per heavy atom. The van der Waals surface area contributed by atoms with Crippen LogP contribution >= 0.6 is 11.3 Å². The summed E-state index contributed by atoms with van der Waals surface area (Å²) in [6.07, 6.45) is 0. The fourth-order valence-electron chi connectivity index (χ4n) is 14.5. The third-order valence-electron chi connectivity index (χ3n) is 18.4. The number of fused-ring (bicyclic) bond motifs is 26. The van der Waals surface area contributed by atoms with E-state index in [1.165, 1.54) is 84.8 Å². The molecule has 5 nitrogen and oxygen atoms in total. The lowest BCUT2D eigenvalue weighted by Crippen LogP contribution is -2.09. The number of thiophene rings is 1. The number of anilines is 6. The number of hydrogen-bond donors (Lipinski definition) is 0. The lowest BCUT2D eigenvalue weighted by Gasteiger charge is -2.26. The van der Waals surface area contributed by atoms with Crippen LogP contribution in [-0.4, -0.2) is 0 Å². The lowest BCUT2D eigenvalue weighted by molar-refractivity contribution is 0.668. The molecule has 0 N–H and O–H groups in total. The Balaban J connectivity index is 0.000000130. The summed E-state index contributed by atoms with van der Waals surface area (Å²) in [6, 6.07) is 108. The van der Waals surface area contributed by atoms with Gasteiger partial charge in [-0.15, -0.1) is 11.3 Å². The van der Waals surface area contributed by atoms with Gasteiger partial charge in [-0.1, -0.05) is 188 Å². The van der Waals surface area contributed by atoms with Crippen LogP contribution in [0.2, 0.25) is 0 Å². The van der Waals surface area contributed by atoms with Gasteiger partial charge in [-0.3, -0.25) is 0 Å². The van der Waals surface area contributed by atoms with Crippen molar-refractivity contribution in [2.75, 3.05) is 9.80 Å². The highest BCUT2D eigenvalue weighted by atomic mass is 32.1. The molecule has 16 aromatic carbocycles. The Morgan fingerprint density at radius 2 is 0.578 bits per heavy atom. The van der Waals surface area contributed by atoms with Crippen molar-refractivity contribution in [3.63, 3.8) is 0 Å². The summed E-state index contributed by atoms with van der Waals surface area (Å²) in [5, 5.41) is 24.5. The number of furan rings is 3. The molecular weight excluding hydrogens is 1120 g/mol. The molecular formula is C84H50N2O3S. The van der Waals surface area contributed by atoms with E-state index in [0.717, 1.165) is 99.9 Å². The second kappa shape index (κ2) is 19.9. The van der Waals surface area contributed by atoms with Crippen molar-refractivity contribution in [2.24, 2.45) is 0 Å². The third-order valence-corrected chi connectivity index (χ3v) is 19.6. The Labute approximate surface area is 519 Å². The van der Waals surface area contributed by atoms with E-state index in [1.807, 2.05) is 41.7 Å². The average Bonchev–Trinajstić information content (AvgIpc) is 1.39. The fourth-order valence-corrected chi connectivity index (χ4v) is 15.7. The van der Waals surface area contributed by atoms with E-state index in [0.29, 0.717) is 0 Å². The molecule has 20 rings (SSSR count). The van der Waals surface area contributed by atoms with Crippen molar-refractivity contribution in [2.45, 2.75) is 0 Å². The highest BCUT2D eigenvalue weighted by Crippen LogP contribution is 2.49. The Morgan fingerprint density at radius 3 is 1.11 bits per heavy atom. The van der Waals surface area contributed by atoms with Gasteiger partial charge in [-0.25, -0.2) is 0 Å². The molecule has 6 heteroatoms. The first-order valence-electron chi connectivity index (χ1n) is 30.5. The van der Waals surface area contributed by atoms with E-state index in [9.17, 15) is 0 Å². The van der Waals surface area contributed by atoms with Crippen LogP contribution in [0.3, 0.4) is 0 Å². The molecule has 0 aliphatic carbocycles. The second-order valence-electron chi connectivity index (χ2n) is 23.4. The summed E-state index contributed by atoms with van der Waals surface area (Å²) >= 11 is 1.90. The molecule has 0 amide bonds. The van der Waals surface area contributed by atoms with Gasteiger partial charge in [-0.2, -0.15) is 0 Å². The molecule has 90 heavy (non-hydrogen) atoms.